The highest BCUT2D eigenvalue weighted by Gasteiger charge is 2.34. The molecule has 0 aromatic heterocycles. The third kappa shape index (κ3) is 4.08. The molecule has 3 aromatic carbocycles. The average molecular weight is 464 g/mol. The number of carbonyl (C=O) groups is 3. The Hall–Kier alpha value is -3.68. The molecule has 2 aliphatic rings. The molecule has 0 N–H and O–H groups in total. The van der Waals surface area contributed by atoms with Crippen LogP contribution in [-0.2, 0) is 29.2 Å². The Morgan fingerprint density at radius 1 is 1.00 bits per heavy atom. The van der Waals surface area contributed by atoms with Crippen molar-refractivity contribution < 1.29 is 28.6 Å². The van der Waals surface area contributed by atoms with Gasteiger partial charge < -0.3 is 14.2 Å². The van der Waals surface area contributed by atoms with E-state index in [-0.39, 0.29) is 31.8 Å². The quantitative estimate of drug-likeness (QED) is 0.413. The van der Waals surface area contributed by atoms with Crippen molar-refractivity contribution in [2.45, 2.75) is 19.8 Å². The molecule has 33 heavy (non-hydrogen) atoms. The maximum Gasteiger partial charge on any atom is 0.338 e. The molecule has 0 bridgehead atoms. The number of amides is 2. The Morgan fingerprint density at radius 3 is 2.39 bits per heavy atom. The molecule has 0 saturated carbocycles. The Labute approximate surface area is 194 Å². The van der Waals surface area contributed by atoms with Crippen LogP contribution in [0.5, 0.6) is 5.75 Å². The highest BCUT2D eigenvalue weighted by Crippen LogP contribution is 2.32. The van der Waals surface area contributed by atoms with Crippen LogP contribution in [0.15, 0.2) is 60.7 Å². The molecule has 0 unspecified atom stereocenters. The first-order valence-electron chi connectivity index (χ1n) is 10.2. The van der Waals surface area contributed by atoms with Gasteiger partial charge in [-0.3, -0.25) is 14.5 Å². The minimum Gasteiger partial charge on any atom is -0.467 e. The number of carbonyl (C=O) groups excluding carboxylic acids is 3. The third-order valence-electron chi connectivity index (χ3n) is 5.52. The molecule has 5 rings (SSSR count). The van der Waals surface area contributed by atoms with E-state index in [1.54, 1.807) is 60.7 Å². The van der Waals surface area contributed by atoms with Crippen molar-refractivity contribution in [3.63, 3.8) is 0 Å². The largest absolute Gasteiger partial charge is 0.467 e. The predicted molar refractivity (Wildman–Crippen MR) is 118 cm³/mol. The number of rotatable bonds is 5. The van der Waals surface area contributed by atoms with Gasteiger partial charge >= 0.3 is 5.97 Å². The van der Waals surface area contributed by atoms with E-state index in [0.717, 1.165) is 11.1 Å². The van der Waals surface area contributed by atoms with Crippen molar-refractivity contribution in [2.75, 3.05) is 6.79 Å². The van der Waals surface area contributed by atoms with Crippen LogP contribution in [0, 0.1) is 0 Å². The number of imide groups is 1. The van der Waals surface area contributed by atoms with E-state index in [4.69, 9.17) is 25.8 Å². The molecule has 2 aliphatic heterocycles. The second-order valence-electron chi connectivity index (χ2n) is 7.68. The number of esters is 1. The number of halogens is 1. The number of hydrogen-bond donors (Lipinski definition) is 0. The topological polar surface area (TPSA) is 82.1 Å². The highest BCUT2D eigenvalue weighted by molar-refractivity contribution is 6.30. The number of ether oxygens (including phenoxy) is 3. The molecule has 7 nitrogen and oxygen atoms in total. The standard InChI is InChI=1S/C25H18ClNO6/c26-19-9-17-12-31-14-33-22(17)18(10-19)13-32-25(30)16-7-5-15(6-8-16)11-27-23(28)20-3-1-2-4-21(20)24(27)29/h1-10H,11-14H2. The molecule has 0 radical (unpaired) electrons. The lowest BCUT2D eigenvalue weighted by Gasteiger charge is -2.21. The summed E-state index contributed by atoms with van der Waals surface area (Å²) in [6.07, 6.45) is 0. The normalized spacial score (nSPS) is 14.5. The molecule has 2 amide bonds. The van der Waals surface area contributed by atoms with Crippen molar-refractivity contribution in [1.29, 1.82) is 0 Å². The summed E-state index contributed by atoms with van der Waals surface area (Å²) in [5, 5.41) is 0.506. The zero-order valence-corrected chi connectivity index (χ0v) is 18.1. The molecule has 0 spiro atoms. The van der Waals surface area contributed by atoms with Gasteiger partial charge in [0, 0.05) is 16.1 Å². The molecule has 8 heteroatoms. The van der Waals surface area contributed by atoms with E-state index in [2.05, 4.69) is 0 Å². The number of hydrogen-bond acceptors (Lipinski definition) is 6. The fourth-order valence-electron chi connectivity index (χ4n) is 3.90. The summed E-state index contributed by atoms with van der Waals surface area (Å²) < 4.78 is 16.2. The number of nitrogens with zero attached hydrogens (tertiary/aromatic N) is 1. The van der Waals surface area contributed by atoms with Gasteiger partial charge in [-0.05, 0) is 42.0 Å². The Morgan fingerprint density at radius 2 is 1.70 bits per heavy atom. The lowest BCUT2D eigenvalue weighted by atomic mass is 10.1. The second kappa shape index (κ2) is 8.69. The zero-order chi connectivity index (χ0) is 22.9. The highest BCUT2D eigenvalue weighted by atomic mass is 35.5. The lowest BCUT2D eigenvalue weighted by molar-refractivity contribution is -0.0180. The van der Waals surface area contributed by atoms with Gasteiger partial charge in [0.15, 0.2) is 6.79 Å². The summed E-state index contributed by atoms with van der Waals surface area (Å²) >= 11 is 6.15. The SMILES string of the molecule is O=C(OCc1cc(Cl)cc2c1OCOC2)c1ccc(CN2C(=O)c3ccccc3C2=O)cc1. The summed E-state index contributed by atoms with van der Waals surface area (Å²) in [6.45, 7) is 0.629. The van der Waals surface area contributed by atoms with Gasteiger partial charge in [-0.2, -0.15) is 0 Å². The van der Waals surface area contributed by atoms with Crippen LogP contribution in [0.1, 0.15) is 47.8 Å². The first kappa shape index (κ1) is 21.2. The molecule has 166 valence electrons. The fraction of sp³-hybridized carbons (Fsp3) is 0.160. The van der Waals surface area contributed by atoms with Crippen molar-refractivity contribution in [3.8, 4) is 5.75 Å². The van der Waals surface area contributed by atoms with Crippen LogP contribution >= 0.6 is 11.6 Å². The molecule has 2 heterocycles. The second-order valence-corrected chi connectivity index (χ2v) is 8.12. The van der Waals surface area contributed by atoms with E-state index in [1.807, 2.05) is 0 Å². The van der Waals surface area contributed by atoms with Gasteiger partial charge in [-0.1, -0.05) is 35.9 Å². The minimum absolute atomic E-state index is 0.00147. The first-order valence-corrected chi connectivity index (χ1v) is 10.6. The Balaban J connectivity index is 1.24. The molecule has 0 fully saturated rings. The predicted octanol–water partition coefficient (Wildman–Crippen LogP) is 4.36. The van der Waals surface area contributed by atoms with Crippen LogP contribution in [0.2, 0.25) is 5.02 Å². The van der Waals surface area contributed by atoms with Crippen LogP contribution in [0.3, 0.4) is 0 Å². The smallest absolute Gasteiger partial charge is 0.338 e. The third-order valence-corrected chi connectivity index (χ3v) is 5.74. The molecule has 0 saturated heterocycles. The maximum absolute atomic E-state index is 12.5. The lowest BCUT2D eigenvalue weighted by Crippen LogP contribution is -2.29. The molecule has 0 atom stereocenters. The van der Waals surface area contributed by atoms with Gasteiger partial charge in [-0.25, -0.2) is 4.79 Å². The zero-order valence-electron chi connectivity index (χ0n) is 17.4. The van der Waals surface area contributed by atoms with E-state index in [1.165, 1.54) is 4.90 Å². The fourth-order valence-corrected chi connectivity index (χ4v) is 4.17. The minimum atomic E-state index is -0.511. The molecule has 0 aliphatic carbocycles. The van der Waals surface area contributed by atoms with E-state index >= 15 is 0 Å². The maximum atomic E-state index is 12.5. The monoisotopic (exact) mass is 463 g/mol. The van der Waals surface area contributed by atoms with Crippen molar-refractivity contribution in [3.05, 3.63) is 99.1 Å². The van der Waals surface area contributed by atoms with Crippen molar-refractivity contribution >= 4 is 29.4 Å². The summed E-state index contributed by atoms with van der Waals surface area (Å²) in [4.78, 5) is 38.8. The van der Waals surface area contributed by atoms with E-state index in [0.29, 0.717) is 39.6 Å². The van der Waals surface area contributed by atoms with Crippen molar-refractivity contribution in [2.24, 2.45) is 0 Å². The van der Waals surface area contributed by atoms with Crippen LogP contribution in [-0.4, -0.2) is 29.5 Å². The Bertz CT molecular complexity index is 1240. The number of benzene rings is 3. The average Bonchev–Trinajstić information content (AvgIpc) is 3.07. The summed E-state index contributed by atoms with van der Waals surface area (Å²) in [6, 6.07) is 16.8. The van der Waals surface area contributed by atoms with Crippen LogP contribution < -0.4 is 4.74 Å². The molecular weight excluding hydrogens is 446 g/mol. The molecule has 3 aromatic rings. The summed E-state index contributed by atoms with van der Waals surface area (Å²) in [7, 11) is 0. The van der Waals surface area contributed by atoms with Gasteiger partial charge in [0.1, 0.15) is 12.4 Å². The van der Waals surface area contributed by atoms with E-state index < -0.39 is 5.97 Å². The number of fused-ring (bicyclic) bond motifs is 2. The van der Waals surface area contributed by atoms with Gasteiger partial charge in [-0.15, -0.1) is 0 Å². The van der Waals surface area contributed by atoms with Crippen LogP contribution in [0.4, 0.5) is 0 Å². The van der Waals surface area contributed by atoms with E-state index in [9.17, 15) is 14.4 Å². The summed E-state index contributed by atoms with van der Waals surface area (Å²) in [5.41, 5.74) is 3.34. The van der Waals surface area contributed by atoms with Crippen LogP contribution in [0.25, 0.3) is 0 Å². The molecular formula is C25H18ClNO6. The van der Waals surface area contributed by atoms with Gasteiger partial charge in [0.25, 0.3) is 11.8 Å². The first-order chi connectivity index (χ1) is 16.0. The van der Waals surface area contributed by atoms with Gasteiger partial charge in [0.2, 0.25) is 0 Å². The Kier molecular flexibility index (Phi) is 5.58. The van der Waals surface area contributed by atoms with Crippen molar-refractivity contribution in [1.82, 2.24) is 4.90 Å². The summed E-state index contributed by atoms with van der Waals surface area (Å²) in [5.74, 6) is -0.536. The van der Waals surface area contributed by atoms with Gasteiger partial charge in [0.05, 0.1) is 29.8 Å².